The molecule has 0 aromatic carbocycles. The van der Waals surface area contributed by atoms with Crippen molar-refractivity contribution in [2.45, 2.75) is 30.8 Å². The Kier molecular flexibility index (Phi) is 3.49. The van der Waals surface area contributed by atoms with Crippen LogP contribution in [0.1, 0.15) is 18.4 Å². The van der Waals surface area contributed by atoms with E-state index >= 15 is 0 Å². The van der Waals surface area contributed by atoms with Crippen molar-refractivity contribution in [1.29, 1.82) is 0 Å². The third-order valence-corrected chi connectivity index (χ3v) is 4.03. The summed E-state index contributed by atoms with van der Waals surface area (Å²) < 4.78 is 12.0. The Morgan fingerprint density at radius 3 is 3.20 bits per heavy atom. The first-order valence-electron chi connectivity index (χ1n) is 5.30. The summed E-state index contributed by atoms with van der Waals surface area (Å²) in [6.45, 7) is 3.05. The number of aryl methyl sites for hydroxylation is 1. The normalized spacial score (nSPS) is 22.9. The minimum Gasteiger partial charge on any atom is -0.313 e. The molecular formula is C11H16N2OS. The highest BCUT2D eigenvalue weighted by Crippen LogP contribution is 2.11. The average Bonchev–Trinajstić information content (AvgIpc) is 2.70. The highest BCUT2D eigenvalue weighted by molar-refractivity contribution is 7.85. The Bertz CT molecular complexity index is 361. The van der Waals surface area contributed by atoms with Gasteiger partial charge in [-0.1, -0.05) is 0 Å². The van der Waals surface area contributed by atoms with Gasteiger partial charge in [0.15, 0.2) is 0 Å². The standard InChI is InChI=1S/C11H16N2OS/c1-9-4-6-13-11(7-9)15(14)8-10-3-2-5-12-10/h4,6-7,10,12H,2-3,5,8H2,1H3. The lowest BCUT2D eigenvalue weighted by Crippen LogP contribution is -2.27. The third-order valence-electron chi connectivity index (χ3n) is 2.64. The van der Waals surface area contributed by atoms with E-state index in [1.807, 2.05) is 19.1 Å². The molecule has 0 aliphatic carbocycles. The summed E-state index contributed by atoms with van der Waals surface area (Å²) in [6, 6.07) is 4.24. The largest absolute Gasteiger partial charge is 0.313 e. The van der Waals surface area contributed by atoms with Gasteiger partial charge in [0.2, 0.25) is 0 Å². The molecule has 1 N–H and O–H groups in total. The van der Waals surface area contributed by atoms with Gasteiger partial charge in [-0.05, 0) is 44.0 Å². The van der Waals surface area contributed by atoms with E-state index in [-0.39, 0.29) is 0 Å². The molecule has 82 valence electrons. The van der Waals surface area contributed by atoms with Crippen LogP contribution in [0.4, 0.5) is 0 Å². The summed E-state index contributed by atoms with van der Waals surface area (Å²) in [7, 11) is -0.957. The number of hydrogen-bond donors (Lipinski definition) is 1. The molecule has 1 aliphatic rings. The Morgan fingerprint density at radius 2 is 2.53 bits per heavy atom. The summed E-state index contributed by atoms with van der Waals surface area (Å²) >= 11 is 0. The van der Waals surface area contributed by atoms with Crippen molar-refractivity contribution in [2.75, 3.05) is 12.3 Å². The molecule has 2 atom stereocenters. The van der Waals surface area contributed by atoms with Crippen molar-refractivity contribution in [1.82, 2.24) is 10.3 Å². The van der Waals surface area contributed by atoms with Gasteiger partial charge in [-0.2, -0.15) is 0 Å². The van der Waals surface area contributed by atoms with Crippen molar-refractivity contribution < 1.29 is 4.21 Å². The minimum atomic E-state index is -0.957. The predicted octanol–water partition coefficient (Wildman–Crippen LogP) is 1.25. The molecule has 1 aliphatic heterocycles. The quantitative estimate of drug-likeness (QED) is 0.840. The lowest BCUT2D eigenvalue weighted by atomic mass is 10.3. The van der Waals surface area contributed by atoms with E-state index in [1.165, 1.54) is 6.42 Å². The Hall–Kier alpha value is -0.740. The number of nitrogens with one attached hydrogen (secondary N) is 1. The summed E-state index contributed by atoms with van der Waals surface area (Å²) in [6.07, 6.45) is 4.06. The smallest absolute Gasteiger partial charge is 0.127 e. The molecule has 0 spiro atoms. The Labute approximate surface area is 92.8 Å². The van der Waals surface area contributed by atoms with Crippen LogP contribution < -0.4 is 5.32 Å². The minimum absolute atomic E-state index is 0.410. The second-order valence-corrected chi connectivity index (χ2v) is 5.42. The van der Waals surface area contributed by atoms with E-state index in [2.05, 4.69) is 10.3 Å². The van der Waals surface area contributed by atoms with Gasteiger partial charge >= 0.3 is 0 Å². The Morgan fingerprint density at radius 1 is 1.67 bits per heavy atom. The van der Waals surface area contributed by atoms with Gasteiger partial charge in [0.25, 0.3) is 0 Å². The lowest BCUT2D eigenvalue weighted by Gasteiger charge is -2.09. The van der Waals surface area contributed by atoms with E-state index in [9.17, 15) is 4.21 Å². The molecule has 15 heavy (non-hydrogen) atoms. The molecule has 2 unspecified atom stereocenters. The molecule has 1 fully saturated rings. The SMILES string of the molecule is Cc1ccnc(S(=O)CC2CCCN2)c1. The highest BCUT2D eigenvalue weighted by Gasteiger charge is 2.18. The molecule has 0 bridgehead atoms. The zero-order chi connectivity index (χ0) is 10.7. The Balaban J connectivity index is 2.01. The van der Waals surface area contributed by atoms with E-state index < -0.39 is 10.8 Å². The number of aromatic nitrogens is 1. The van der Waals surface area contributed by atoms with Crippen molar-refractivity contribution in [3.8, 4) is 0 Å². The van der Waals surface area contributed by atoms with Crippen LogP contribution in [0.3, 0.4) is 0 Å². The fourth-order valence-electron chi connectivity index (χ4n) is 1.80. The van der Waals surface area contributed by atoms with Crippen LogP contribution in [0.25, 0.3) is 0 Å². The average molecular weight is 224 g/mol. The van der Waals surface area contributed by atoms with Crippen LogP contribution in [-0.2, 0) is 10.8 Å². The van der Waals surface area contributed by atoms with Crippen LogP contribution in [-0.4, -0.2) is 27.5 Å². The molecule has 2 heterocycles. The maximum absolute atomic E-state index is 12.0. The van der Waals surface area contributed by atoms with Crippen molar-refractivity contribution >= 4 is 10.8 Å². The van der Waals surface area contributed by atoms with Crippen LogP contribution >= 0.6 is 0 Å². The number of pyridine rings is 1. The lowest BCUT2D eigenvalue weighted by molar-refractivity contribution is 0.641. The first-order chi connectivity index (χ1) is 7.25. The first-order valence-corrected chi connectivity index (χ1v) is 6.62. The summed E-state index contributed by atoms with van der Waals surface area (Å²) in [4.78, 5) is 4.15. The molecule has 3 nitrogen and oxygen atoms in total. The molecule has 1 aromatic rings. The monoisotopic (exact) mass is 224 g/mol. The second kappa shape index (κ2) is 4.86. The van der Waals surface area contributed by atoms with Gasteiger partial charge in [0.1, 0.15) is 5.03 Å². The highest BCUT2D eigenvalue weighted by atomic mass is 32.2. The third kappa shape index (κ3) is 2.86. The van der Waals surface area contributed by atoms with E-state index in [4.69, 9.17) is 0 Å². The molecule has 0 saturated carbocycles. The summed E-state index contributed by atoms with van der Waals surface area (Å²) in [5.74, 6) is 0.691. The zero-order valence-corrected chi connectivity index (χ0v) is 9.72. The molecule has 2 rings (SSSR count). The van der Waals surface area contributed by atoms with Crippen LogP contribution in [0.2, 0.25) is 0 Å². The zero-order valence-electron chi connectivity index (χ0n) is 8.90. The van der Waals surface area contributed by atoms with Crippen LogP contribution in [0.5, 0.6) is 0 Å². The number of nitrogens with zero attached hydrogens (tertiary/aromatic N) is 1. The van der Waals surface area contributed by atoms with Crippen LogP contribution in [0, 0.1) is 6.92 Å². The first kappa shape index (κ1) is 10.8. The van der Waals surface area contributed by atoms with E-state index in [1.54, 1.807) is 6.20 Å². The second-order valence-electron chi connectivity index (χ2n) is 3.98. The fraction of sp³-hybridized carbons (Fsp3) is 0.545. The van der Waals surface area contributed by atoms with Crippen molar-refractivity contribution in [3.63, 3.8) is 0 Å². The predicted molar refractivity (Wildman–Crippen MR) is 61.3 cm³/mol. The number of rotatable bonds is 3. The summed E-state index contributed by atoms with van der Waals surface area (Å²) in [5, 5.41) is 4.06. The van der Waals surface area contributed by atoms with Gasteiger partial charge in [0, 0.05) is 18.0 Å². The number of hydrogen-bond acceptors (Lipinski definition) is 3. The molecule has 0 radical (unpaired) electrons. The maximum atomic E-state index is 12.0. The molecule has 0 amide bonds. The molecule has 1 aromatic heterocycles. The van der Waals surface area contributed by atoms with Gasteiger partial charge in [-0.3, -0.25) is 4.21 Å². The van der Waals surface area contributed by atoms with Gasteiger partial charge in [0.05, 0.1) is 10.8 Å². The maximum Gasteiger partial charge on any atom is 0.127 e. The van der Waals surface area contributed by atoms with Gasteiger partial charge in [-0.25, -0.2) is 4.98 Å². The van der Waals surface area contributed by atoms with Crippen LogP contribution in [0.15, 0.2) is 23.4 Å². The van der Waals surface area contributed by atoms with Gasteiger partial charge in [-0.15, -0.1) is 0 Å². The molecule has 1 saturated heterocycles. The van der Waals surface area contributed by atoms with Gasteiger partial charge < -0.3 is 5.32 Å². The fourth-order valence-corrected chi connectivity index (χ4v) is 3.12. The molecule has 4 heteroatoms. The summed E-state index contributed by atoms with van der Waals surface area (Å²) in [5.41, 5.74) is 1.12. The van der Waals surface area contributed by atoms with E-state index in [0.717, 1.165) is 18.5 Å². The van der Waals surface area contributed by atoms with E-state index in [0.29, 0.717) is 16.8 Å². The topological polar surface area (TPSA) is 42.0 Å². The van der Waals surface area contributed by atoms with Crippen molar-refractivity contribution in [2.24, 2.45) is 0 Å². The molecular weight excluding hydrogens is 208 g/mol. The van der Waals surface area contributed by atoms with Crippen molar-refractivity contribution in [3.05, 3.63) is 23.9 Å².